The minimum Gasteiger partial charge on any atom is -0.443 e. The molecule has 0 aliphatic carbocycles. The first-order valence-corrected chi connectivity index (χ1v) is 8.75. The van der Waals surface area contributed by atoms with Crippen LogP contribution in [-0.4, -0.2) is 12.5 Å². The highest BCUT2D eigenvalue weighted by atomic mass is 35.5. The summed E-state index contributed by atoms with van der Waals surface area (Å²) in [6, 6.07) is 24.9. The molecule has 0 radical (unpaired) electrons. The van der Waals surface area contributed by atoms with Gasteiger partial charge in [0.2, 0.25) is 0 Å². The minimum atomic E-state index is -1.18. The van der Waals surface area contributed by atoms with Gasteiger partial charge >= 0.3 is 5.97 Å². The third-order valence-corrected chi connectivity index (χ3v) is 4.65. The number of esters is 1. The zero-order valence-electron chi connectivity index (χ0n) is 14.5. The molecule has 132 valence electrons. The molecule has 3 rings (SSSR count). The molecule has 0 spiro atoms. The van der Waals surface area contributed by atoms with Gasteiger partial charge in [-0.25, -0.2) is 0 Å². The fraction of sp³-hybridized carbons (Fsp3) is 0.136. The molecule has 4 heteroatoms. The number of hydrogen-bond acceptors (Lipinski definition) is 3. The molecule has 0 saturated heterocycles. The molecule has 1 unspecified atom stereocenters. The van der Waals surface area contributed by atoms with Crippen molar-refractivity contribution in [2.24, 2.45) is 5.73 Å². The van der Waals surface area contributed by atoms with Gasteiger partial charge in [-0.05, 0) is 13.0 Å². The molecule has 0 aromatic heterocycles. The predicted molar refractivity (Wildman–Crippen MR) is 104 cm³/mol. The summed E-state index contributed by atoms with van der Waals surface area (Å²) in [5.41, 5.74) is 7.81. The fourth-order valence-corrected chi connectivity index (χ4v) is 3.34. The van der Waals surface area contributed by atoms with Crippen molar-refractivity contribution < 1.29 is 9.53 Å². The van der Waals surface area contributed by atoms with E-state index in [2.05, 4.69) is 0 Å². The first-order valence-electron chi connectivity index (χ1n) is 8.37. The van der Waals surface area contributed by atoms with Gasteiger partial charge < -0.3 is 10.5 Å². The SMILES string of the molecule is Cc1ccc(C(OC(=O)CN)(c2ccccc2)c2ccccc2Cl)cc1. The molecule has 0 saturated carbocycles. The van der Waals surface area contributed by atoms with Crippen LogP contribution in [0, 0.1) is 6.92 Å². The van der Waals surface area contributed by atoms with E-state index in [4.69, 9.17) is 22.1 Å². The number of halogens is 1. The number of carbonyl (C=O) groups is 1. The Hall–Kier alpha value is -2.62. The third kappa shape index (κ3) is 3.36. The van der Waals surface area contributed by atoms with Crippen LogP contribution < -0.4 is 5.73 Å². The monoisotopic (exact) mass is 365 g/mol. The van der Waals surface area contributed by atoms with E-state index < -0.39 is 11.6 Å². The van der Waals surface area contributed by atoms with Gasteiger partial charge in [0.25, 0.3) is 0 Å². The Morgan fingerprint density at radius 1 is 0.923 bits per heavy atom. The molecule has 2 N–H and O–H groups in total. The summed E-state index contributed by atoms with van der Waals surface area (Å²) in [5.74, 6) is -0.505. The van der Waals surface area contributed by atoms with Crippen LogP contribution in [0.15, 0.2) is 78.9 Å². The lowest BCUT2D eigenvalue weighted by Gasteiger charge is -2.35. The molecule has 0 heterocycles. The summed E-state index contributed by atoms with van der Waals surface area (Å²) in [5, 5.41) is 0.516. The maximum Gasteiger partial charge on any atom is 0.321 e. The summed E-state index contributed by atoms with van der Waals surface area (Å²) in [4.78, 5) is 12.3. The van der Waals surface area contributed by atoms with Crippen molar-refractivity contribution in [3.63, 3.8) is 0 Å². The lowest BCUT2D eigenvalue weighted by atomic mass is 9.79. The second-order valence-corrected chi connectivity index (χ2v) is 6.48. The molecule has 0 bridgehead atoms. The first-order chi connectivity index (χ1) is 12.6. The summed E-state index contributed by atoms with van der Waals surface area (Å²) < 4.78 is 6.02. The van der Waals surface area contributed by atoms with Gasteiger partial charge in [0.05, 0.1) is 6.54 Å². The zero-order chi connectivity index (χ0) is 18.6. The van der Waals surface area contributed by atoms with Gasteiger partial charge in [-0.2, -0.15) is 0 Å². The summed E-state index contributed by atoms with van der Waals surface area (Å²) in [6.45, 7) is 1.79. The zero-order valence-corrected chi connectivity index (χ0v) is 15.2. The van der Waals surface area contributed by atoms with Crippen LogP contribution >= 0.6 is 11.6 Å². The smallest absolute Gasteiger partial charge is 0.321 e. The van der Waals surface area contributed by atoms with E-state index in [0.29, 0.717) is 10.6 Å². The van der Waals surface area contributed by atoms with Crippen LogP contribution in [0.5, 0.6) is 0 Å². The standard InChI is InChI=1S/C22H20ClNO2/c1-16-11-13-18(14-12-16)22(26-21(25)15-24,17-7-3-2-4-8-17)19-9-5-6-10-20(19)23/h2-14H,15,24H2,1H3. The second-order valence-electron chi connectivity index (χ2n) is 6.07. The van der Waals surface area contributed by atoms with Crippen LogP contribution in [0.2, 0.25) is 5.02 Å². The van der Waals surface area contributed by atoms with E-state index in [1.807, 2.05) is 79.7 Å². The molecular formula is C22H20ClNO2. The number of hydrogen-bond donors (Lipinski definition) is 1. The highest BCUT2D eigenvalue weighted by Gasteiger charge is 2.41. The van der Waals surface area contributed by atoms with Crippen LogP contribution in [0.1, 0.15) is 22.3 Å². The Balaban J connectivity index is 2.36. The van der Waals surface area contributed by atoms with Crippen molar-refractivity contribution in [1.82, 2.24) is 0 Å². The molecule has 3 nitrogen and oxygen atoms in total. The molecule has 0 aliphatic heterocycles. The number of aryl methyl sites for hydroxylation is 1. The van der Waals surface area contributed by atoms with Crippen molar-refractivity contribution in [3.05, 3.63) is 106 Å². The first kappa shape index (κ1) is 18.2. The quantitative estimate of drug-likeness (QED) is 0.537. The van der Waals surface area contributed by atoms with E-state index in [1.165, 1.54) is 0 Å². The summed E-state index contributed by atoms with van der Waals surface area (Å²) in [6.07, 6.45) is 0. The van der Waals surface area contributed by atoms with E-state index in [1.54, 1.807) is 6.07 Å². The normalized spacial score (nSPS) is 13.0. The molecule has 1 atom stereocenters. The van der Waals surface area contributed by atoms with Crippen molar-refractivity contribution in [2.75, 3.05) is 6.54 Å². The van der Waals surface area contributed by atoms with Crippen molar-refractivity contribution >= 4 is 17.6 Å². The Kier molecular flexibility index (Phi) is 5.40. The van der Waals surface area contributed by atoms with Crippen LogP contribution in [0.4, 0.5) is 0 Å². The number of benzene rings is 3. The van der Waals surface area contributed by atoms with Crippen molar-refractivity contribution in [3.8, 4) is 0 Å². The molecular weight excluding hydrogens is 346 g/mol. The van der Waals surface area contributed by atoms with E-state index >= 15 is 0 Å². The van der Waals surface area contributed by atoms with Gasteiger partial charge in [0, 0.05) is 21.7 Å². The Morgan fingerprint density at radius 2 is 1.50 bits per heavy atom. The maximum atomic E-state index is 12.3. The Bertz CT molecular complexity index is 894. The lowest BCUT2D eigenvalue weighted by Crippen LogP contribution is -2.37. The number of ether oxygens (including phenoxy) is 1. The summed E-state index contributed by atoms with van der Waals surface area (Å²) >= 11 is 6.54. The third-order valence-electron chi connectivity index (χ3n) is 4.33. The Labute approximate surface area is 158 Å². The highest BCUT2D eigenvalue weighted by Crippen LogP contribution is 2.43. The molecule has 0 aliphatic rings. The average Bonchev–Trinajstić information content (AvgIpc) is 2.68. The fourth-order valence-electron chi connectivity index (χ4n) is 3.07. The van der Waals surface area contributed by atoms with Gasteiger partial charge in [-0.3, -0.25) is 4.79 Å². The second kappa shape index (κ2) is 7.73. The van der Waals surface area contributed by atoms with Crippen LogP contribution in [0.3, 0.4) is 0 Å². The van der Waals surface area contributed by atoms with Crippen LogP contribution in [0.25, 0.3) is 0 Å². The molecule has 26 heavy (non-hydrogen) atoms. The van der Waals surface area contributed by atoms with E-state index in [0.717, 1.165) is 16.7 Å². The van der Waals surface area contributed by atoms with Crippen LogP contribution in [-0.2, 0) is 15.1 Å². The molecule has 0 amide bonds. The number of rotatable bonds is 5. The average molecular weight is 366 g/mol. The largest absolute Gasteiger partial charge is 0.443 e. The number of carbonyl (C=O) groups excluding carboxylic acids is 1. The van der Waals surface area contributed by atoms with E-state index in [9.17, 15) is 4.79 Å². The number of nitrogens with two attached hydrogens (primary N) is 1. The van der Waals surface area contributed by atoms with Gasteiger partial charge in [0.15, 0.2) is 5.60 Å². The van der Waals surface area contributed by atoms with Gasteiger partial charge in [0.1, 0.15) is 0 Å². The van der Waals surface area contributed by atoms with Crippen molar-refractivity contribution in [2.45, 2.75) is 12.5 Å². The summed E-state index contributed by atoms with van der Waals surface area (Å²) in [7, 11) is 0. The molecule has 3 aromatic rings. The molecule has 0 fully saturated rings. The van der Waals surface area contributed by atoms with Gasteiger partial charge in [-0.1, -0.05) is 90.0 Å². The molecule has 3 aromatic carbocycles. The van der Waals surface area contributed by atoms with Gasteiger partial charge in [-0.15, -0.1) is 0 Å². The van der Waals surface area contributed by atoms with Crippen molar-refractivity contribution in [1.29, 1.82) is 0 Å². The highest BCUT2D eigenvalue weighted by molar-refractivity contribution is 6.31. The Morgan fingerprint density at radius 3 is 2.12 bits per heavy atom. The maximum absolute atomic E-state index is 12.3. The minimum absolute atomic E-state index is 0.217. The lowest BCUT2D eigenvalue weighted by molar-refractivity contribution is -0.151. The predicted octanol–water partition coefficient (Wildman–Crippen LogP) is 4.44. The topological polar surface area (TPSA) is 52.3 Å². The van der Waals surface area contributed by atoms with E-state index in [-0.39, 0.29) is 6.54 Å².